The average molecular weight is 369 g/mol. The van der Waals surface area contributed by atoms with Crippen molar-refractivity contribution in [2.75, 3.05) is 0 Å². The summed E-state index contributed by atoms with van der Waals surface area (Å²) in [5.74, 6) is 0.161. The molecule has 0 spiro atoms. The Morgan fingerprint density at radius 2 is 2.25 bits per heavy atom. The Bertz CT molecular complexity index is 756. The van der Waals surface area contributed by atoms with E-state index >= 15 is 0 Å². The number of carbonyl (C=O) groups excluding carboxylic acids is 1. The van der Waals surface area contributed by atoms with Crippen molar-refractivity contribution in [2.24, 2.45) is 0 Å². The van der Waals surface area contributed by atoms with E-state index < -0.39 is 0 Å². The number of Topliss-reactive ketones (excluding diaryl/α,β-unsaturated/α-hetero) is 1. The predicted octanol–water partition coefficient (Wildman–Crippen LogP) is 4.68. The molecule has 0 radical (unpaired) electrons. The number of thiophene rings is 2. The number of aromatic nitrogens is 2. The SMILES string of the molecule is CCn1nc(C)c(Br)c1CC(=O)c1cc2sccc2s1. The first kappa shape index (κ1) is 14.0. The van der Waals surface area contributed by atoms with Gasteiger partial charge in [0.15, 0.2) is 5.78 Å². The lowest BCUT2D eigenvalue weighted by Crippen LogP contribution is -2.09. The van der Waals surface area contributed by atoms with Gasteiger partial charge in [-0.3, -0.25) is 9.48 Å². The first-order valence-electron chi connectivity index (χ1n) is 6.32. The van der Waals surface area contributed by atoms with Crippen molar-refractivity contribution in [3.05, 3.63) is 38.3 Å². The standard InChI is InChI=1S/C14H13BrN2OS2/c1-3-17-9(14(15)8(2)16-17)6-10(18)12-7-13-11(20-12)4-5-19-13/h4-5,7H,3,6H2,1-2H3. The van der Waals surface area contributed by atoms with E-state index in [1.54, 1.807) is 22.7 Å². The van der Waals surface area contributed by atoms with E-state index in [2.05, 4.69) is 32.5 Å². The normalized spacial score (nSPS) is 11.3. The molecule has 0 saturated carbocycles. The minimum atomic E-state index is 0.161. The zero-order valence-corrected chi connectivity index (χ0v) is 14.4. The maximum Gasteiger partial charge on any atom is 0.178 e. The molecule has 0 fully saturated rings. The second-order valence-corrected chi connectivity index (χ2v) is 7.35. The van der Waals surface area contributed by atoms with Gasteiger partial charge in [-0.05, 0) is 47.3 Å². The molecule has 0 N–H and O–H groups in total. The fourth-order valence-electron chi connectivity index (χ4n) is 2.18. The summed E-state index contributed by atoms with van der Waals surface area (Å²) in [7, 11) is 0. The molecule has 0 aromatic carbocycles. The molecule has 0 unspecified atom stereocenters. The Labute approximate surface area is 133 Å². The number of ketones is 1. The number of nitrogens with zero attached hydrogens (tertiary/aromatic N) is 2. The van der Waals surface area contributed by atoms with Crippen LogP contribution in [0.5, 0.6) is 0 Å². The van der Waals surface area contributed by atoms with Crippen LogP contribution in [0.1, 0.15) is 28.0 Å². The van der Waals surface area contributed by atoms with E-state index in [-0.39, 0.29) is 5.78 Å². The minimum Gasteiger partial charge on any atom is -0.293 e. The smallest absolute Gasteiger partial charge is 0.178 e. The summed E-state index contributed by atoms with van der Waals surface area (Å²) in [5, 5.41) is 6.49. The van der Waals surface area contributed by atoms with Gasteiger partial charge in [0.1, 0.15) is 0 Å². The molecule has 3 aromatic heterocycles. The molecule has 3 aromatic rings. The second kappa shape index (κ2) is 5.42. The molecule has 0 aliphatic rings. The Balaban J connectivity index is 1.91. The van der Waals surface area contributed by atoms with Crippen molar-refractivity contribution in [2.45, 2.75) is 26.8 Å². The number of fused-ring (bicyclic) bond motifs is 1. The molecule has 0 bridgehead atoms. The highest BCUT2D eigenvalue weighted by Crippen LogP contribution is 2.31. The van der Waals surface area contributed by atoms with E-state index in [0.29, 0.717) is 6.42 Å². The van der Waals surface area contributed by atoms with Gasteiger partial charge in [0.2, 0.25) is 0 Å². The van der Waals surface area contributed by atoms with Crippen LogP contribution in [0, 0.1) is 6.92 Å². The summed E-state index contributed by atoms with van der Waals surface area (Å²) < 4.78 is 5.23. The van der Waals surface area contributed by atoms with Crippen LogP contribution >= 0.6 is 38.6 Å². The van der Waals surface area contributed by atoms with Gasteiger partial charge in [-0.1, -0.05) is 0 Å². The summed E-state index contributed by atoms with van der Waals surface area (Å²) in [4.78, 5) is 13.3. The summed E-state index contributed by atoms with van der Waals surface area (Å²) in [6.07, 6.45) is 0.392. The molecule has 3 heterocycles. The zero-order chi connectivity index (χ0) is 14.3. The zero-order valence-electron chi connectivity index (χ0n) is 11.1. The third-order valence-corrected chi connectivity index (χ3v) is 6.36. The van der Waals surface area contributed by atoms with Gasteiger partial charge in [-0.15, -0.1) is 22.7 Å². The van der Waals surface area contributed by atoms with Gasteiger partial charge in [0, 0.05) is 15.9 Å². The molecule has 0 aliphatic heterocycles. The highest BCUT2D eigenvalue weighted by Gasteiger charge is 2.18. The quantitative estimate of drug-likeness (QED) is 0.626. The Morgan fingerprint density at radius 1 is 1.45 bits per heavy atom. The van der Waals surface area contributed by atoms with E-state index in [4.69, 9.17) is 0 Å². The summed E-state index contributed by atoms with van der Waals surface area (Å²) >= 11 is 6.79. The Kier molecular flexibility index (Phi) is 3.79. The van der Waals surface area contributed by atoms with E-state index in [9.17, 15) is 4.79 Å². The first-order chi connectivity index (χ1) is 9.60. The van der Waals surface area contributed by atoms with Crippen molar-refractivity contribution in [3.63, 3.8) is 0 Å². The predicted molar refractivity (Wildman–Crippen MR) is 88.1 cm³/mol. The maximum absolute atomic E-state index is 12.5. The lowest BCUT2D eigenvalue weighted by molar-refractivity contribution is 0.0994. The van der Waals surface area contributed by atoms with Crippen LogP contribution in [0.2, 0.25) is 0 Å². The lowest BCUT2D eigenvalue weighted by atomic mass is 10.2. The third kappa shape index (κ3) is 2.36. The van der Waals surface area contributed by atoms with Crippen LogP contribution in [-0.4, -0.2) is 15.6 Å². The van der Waals surface area contributed by atoms with Crippen molar-refractivity contribution >= 4 is 53.8 Å². The molecule has 0 saturated heterocycles. The summed E-state index contributed by atoms with van der Waals surface area (Å²) in [5.41, 5.74) is 1.90. The number of aryl methyl sites for hydroxylation is 2. The number of rotatable bonds is 4. The molecular weight excluding hydrogens is 356 g/mol. The van der Waals surface area contributed by atoms with Gasteiger partial charge >= 0.3 is 0 Å². The largest absolute Gasteiger partial charge is 0.293 e. The van der Waals surface area contributed by atoms with Gasteiger partial charge in [0.05, 0.1) is 27.2 Å². The minimum absolute atomic E-state index is 0.161. The first-order valence-corrected chi connectivity index (χ1v) is 8.81. The molecule has 20 heavy (non-hydrogen) atoms. The average Bonchev–Trinajstić information content (AvgIpc) is 3.07. The van der Waals surface area contributed by atoms with Crippen molar-refractivity contribution < 1.29 is 4.79 Å². The molecule has 104 valence electrons. The molecular formula is C14H13BrN2OS2. The van der Waals surface area contributed by atoms with Gasteiger partial charge in [0.25, 0.3) is 0 Å². The molecule has 0 aliphatic carbocycles. The van der Waals surface area contributed by atoms with Crippen LogP contribution in [0.15, 0.2) is 22.0 Å². The summed E-state index contributed by atoms with van der Waals surface area (Å²) in [6, 6.07) is 4.07. The topological polar surface area (TPSA) is 34.9 Å². The highest BCUT2D eigenvalue weighted by atomic mass is 79.9. The lowest BCUT2D eigenvalue weighted by Gasteiger charge is -2.03. The molecule has 3 rings (SSSR count). The highest BCUT2D eigenvalue weighted by molar-refractivity contribution is 9.10. The number of hydrogen-bond acceptors (Lipinski definition) is 4. The van der Waals surface area contributed by atoms with Crippen LogP contribution in [0.3, 0.4) is 0 Å². The molecule has 6 heteroatoms. The fraction of sp³-hybridized carbons (Fsp3) is 0.286. The fourth-order valence-corrected chi connectivity index (χ4v) is 4.65. The van der Waals surface area contributed by atoms with Crippen molar-refractivity contribution in [3.8, 4) is 0 Å². The van der Waals surface area contributed by atoms with E-state index in [0.717, 1.165) is 27.3 Å². The Morgan fingerprint density at radius 3 is 2.95 bits per heavy atom. The van der Waals surface area contributed by atoms with Crippen LogP contribution in [0.4, 0.5) is 0 Å². The van der Waals surface area contributed by atoms with E-state index in [1.165, 1.54) is 9.40 Å². The number of halogens is 1. The Hall–Kier alpha value is -0.980. The van der Waals surface area contributed by atoms with Crippen LogP contribution in [0.25, 0.3) is 9.40 Å². The second-order valence-electron chi connectivity index (χ2n) is 4.52. The number of hydrogen-bond donors (Lipinski definition) is 0. The molecule has 0 amide bonds. The third-order valence-electron chi connectivity index (χ3n) is 3.20. The maximum atomic E-state index is 12.5. The van der Waals surface area contributed by atoms with Crippen molar-refractivity contribution in [1.82, 2.24) is 9.78 Å². The van der Waals surface area contributed by atoms with Gasteiger partial charge in [-0.25, -0.2) is 0 Å². The van der Waals surface area contributed by atoms with Crippen LogP contribution < -0.4 is 0 Å². The van der Waals surface area contributed by atoms with Crippen molar-refractivity contribution in [1.29, 1.82) is 0 Å². The van der Waals surface area contributed by atoms with Crippen LogP contribution in [-0.2, 0) is 13.0 Å². The monoisotopic (exact) mass is 368 g/mol. The van der Waals surface area contributed by atoms with Gasteiger partial charge in [-0.2, -0.15) is 5.10 Å². The number of carbonyl (C=O) groups is 1. The summed E-state index contributed by atoms with van der Waals surface area (Å²) in [6.45, 7) is 4.76. The molecule has 0 atom stereocenters. The van der Waals surface area contributed by atoms with E-state index in [1.807, 2.05) is 24.6 Å². The van der Waals surface area contributed by atoms with Gasteiger partial charge < -0.3 is 0 Å². The molecule has 3 nitrogen and oxygen atoms in total.